The molecule has 1 unspecified atom stereocenters. The summed E-state index contributed by atoms with van der Waals surface area (Å²) >= 11 is 6.13. The molecule has 0 aromatic heterocycles. The lowest BCUT2D eigenvalue weighted by atomic mass is 10.1. The highest BCUT2D eigenvalue weighted by atomic mass is 35.5. The zero-order chi connectivity index (χ0) is 14.6. The summed E-state index contributed by atoms with van der Waals surface area (Å²) in [7, 11) is -1.63. The molecule has 1 aromatic carbocycles. The maximum atomic E-state index is 12.1. The summed E-state index contributed by atoms with van der Waals surface area (Å²) in [6, 6.07) is 5.52. The smallest absolute Gasteiger partial charge is 0.212 e. The molecule has 6 heteroatoms. The molecule has 0 fully saturated rings. The number of unbranched alkanes of at least 4 members (excludes halogenated alkanes) is 1. The van der Waals surface area contributed by atoms with E-state index in [0.717, 1.165) is 35.4 Å². The van der Waals surface area contributed by atoms with Gasteiger partial charge in [0, 0.05) is 24.8 Å². The van der Waals surface area contributed by atoms with Gasteiger partial charge in [0.25, 0.3) is 0 Å². The SMILES string of the molecule is COCCCCS(=O)(=O)NC1CCc2c(Cl)cccc21. The van der Waals surface area contributed by atoms with Crippen molar-refractivity contribution in [3.8, 4) is 0 Å². The topological polar surface area (TPSA) is 55.4 Å². The summed E-state index contributed by atoms with van der Waals surface area (Å²) in [4.78, 5) is 0. The quantitative estimate of drug-likeness (QED) is 0.787. The van der Waals surface area contributed by atoms with Gasteiger partial charge in [-0.05, 0) is 42.9 Å². The standard InChI is InChI=1S/C14H20ClNO3S/c1-19-9-2-3-10-20(17,18)16-14-8-7-11-12(14)5-4-6-13(11)15/h4-6,14,16H,2-3,7-10H2,1H3. The maximum absolute atomic E-state index is 12.1. The van der Waals surface area contributed by atoms with Gasteiger partial charge in [-0.15, -0.1) is 0 Å². The van der Waals surface area contributed by atoms with Crippen molar-refractivity contribution in [2.24, 2.45) is 0 Å². The van der Waals surface area contributed by atoms with Gasteiger partial charge in [-0.3, -0.25) is 0 Å². The lowest BCUT2D eigenvalue weighted by molar-refractivity contribution is 0.194. The first kappa shape index (κ1) is 15.8. The van der Waals surface area contributed by atoms with Gasteiger partial charge >= 0.3 is 0 Å². The molecule has 1 atom stereocenters. The Kier molecular flexibility index (Phi) is 5.43. The lowest BCUT2D eigenvalue weighted by Gasteiger charge is -2.14. The molecule has 0 saturated heterocycles. The number of benzene rings is 1. The van der Waals surface area contributed by atoms with Crippen LogP contribution < -0.4 is 4.72 Å². The first-order valence-corrected chi connectivity index (χ1v) is 8.83. The van der Waals surface area contributed by atoms with E-state index in [1.165, 1.54) is 0 Å². The number of halogens is 1. The Labute approximate surface area is 125 Å². The number of hydrogen-bond donors (Lipinski definition) is 1. The van der Waals surface area contributed by atoms with Crippen LogP contribution >= 0.6 is 11.6 Å². The van der Waals surface area contributed by atoms with E-state index < -0.39 is 10.0 Å². The Morgan fingerprint density at radius 3 is 2.95 bits per heavy atom. The Morgan fingerprint density at radius 2 is 2.20 bits per heavy atom. The predicted molar refractivity (Wildman–Crippen MR) is 80.5 cm³/mol. The van der Waals surface area contributed by atoms with Crippen molar-refractivity contribution in [1.82, 2.24) is 4.72 Å². The van der Waals surface area contributed by atoms with Crippen molar-refractivity contribution in [2.45, 2.75) is 31.7 Å². The van der Waals surface area contributed by atoms with Gasteiger partial charge in [0.05, 0.1) is 5.75 Å². The molecule has 0 heterocycles. The van der Waals surface area contributed by atoms with Crippen molar-refractivity contribution in [3.05, 3.63) is 34.3 Å². The molecule has 2 rings (SSSR count). The molecule has 112 valence electrons. The summed E-state index contributed by atoms with van der Waals surface area (Å²) in [6.07, 6.45) is 2.96. The first-order chi connectivity index (χ1) is 9.53. The molecule has 0 spiro atoms. The van der Waals surface area contributed by atoms with Crippen LogP contribution in [-0.2, 0) is 21.2 Å². The molecule has 1 aliphatic carbocycles. The average Bonchev–Trinajstić information content (AvgIpc) is 2.79. The molecule has 20 heavy (non-hydrogen) atoms. The monoisotopic (exact) mass is 317 g/mol. The number of rotatable bonds is 7. The number of sulfonamides is 1. The summed E-state index contributed by atoms with van der Waals surface area (Å²) in [6.45, 7) is 0.595. The van der Waals surface area contributed by atoms with E-state index in [2.05, 4.69) is 4.72 Å². The fourth-order valence-electron chi connectivity index (χ4n) is 2.55. The van der Waals surface area contributed by atoms with E-state index in [0.29, 0.717) is 13.0 Å². The minimum atomic E-state index is -3.25. The minimum absolute atomic E-state index is 0.142. The fourth-order valence-corrected chi connectivity index (χ4v) is 4.20. The van der Waals surface area contributed by atoms with Gasteiger partial charge in [-0.1, -0.05) is 23.7 Å². The van der Waals surface area contributed by atoms with Crippen LogP contribution in [0.25, 0.3) is 0 Å². The molecule has 1 aromatic rings. The second kappa shape index (κ2) is 6.89. The van der Waals surface area contributed by atoms with E-state index in [1.54, 1.807) is 7.11 Å². The van der Waals surface area contributed by atoms with Crippen molar-refractivity contribution < 1.29 is 13.2 Å². The Bertz CT molecular complexity index is 560. The van der Waals surface area contributed by atoms with Gasteiger partial charge in [-0.25, -0.2) is 13.1 Å². The number of ether oxygens (including phenoxy) is 1. The van der Waals surface area contributed by atoms with Crippen molar-refractivity contribution in [3.63, 3.8) is 0 Å². The zero-order valence-corrected chi connectivity index (χ0v) is 13.1. The lowest BCUT2D eigenvalue weighted by Crippen LogP contribution is -2.29. The summed E-state index contributed by atoms with van der Waals surface area (Å²) in [5, 5.41) is 0.726. The number of fused-ring (bicyclic) bond motifs is 1. The summed E-state index contributed by atoms with van der Waals surface area (Å²) < 4.78 is 31.8. The van der Waals surface area contributed by atoms with E-state index >= 15 is 0 Å². The number of methoxy groups -OCH3 is 1. The van der Waals surface area contributed by atoms with Crippen LogP contribution in [0, 0.1) is 0 Å². The molecule has 1 aliphatic rings. The third kappa shape index (κ3) is 3.95. The third-order valence-electron chi connectivity index (χ3n) is 3.55. The molecule has 4 nitrogen and oxygen atoms in total. The molecular formula is C14H20ClNO3S. The number of hydrogen-bond acceptors (Lipinski definition) is 3. The highest BCUT2D eigenvalue weighted by molar-refractivity contribution is 7.89. The average molecular weight is 318 g/mol. The highest BCUT2D eigenvalue weighted by Gasteiger charge is 2.27. The van der Waals surface area contributed by atoms with Crippen molar-refractivity contribution in [1.29, 1.82) is 0 Å². The first-order valence-electron chi connectivity index (χ1n) is 6.80. The predicted octanol–water partition coefficient (Wildman–Crippen LogP) is 2.67. The van der Waals surface area contributed by atoms with Crippen LogP contribution in [0.15, 0.2) is 18.2 Å². The molecule has 0 bridgehead atoms. The van der Waals surface area contributed by atoms with E-state index in [-0.39, 0.29) is 11.8 Å². The fraction of sp³-hybridized carbons (Fsp3) is 0.571. The second-order valence-electron chi connectivity index (χ2n) is 5.04. The number of nitrogens with one attached hydrogen (secondary N) is 1. The molecular weight excluding hydrogens is 298 g/mol. The summed E-state index contributed by atoms with van der Waals surface area (Å²) in [5.41, 5.74) is 2.08. The molecule has 0 saturated carbocycles. The minimum Gasteiger partial charge on any atom is -0.385 e. The van der Waals surface area contributed by atoms with E-state index in [4.69, 9.17) is 16.3 Å². The van der Waals surface area contributed by atoms with Crippen LogP contribution in [-0.4, -0.2) is 27.9 Å². The zero-order valence-electron chi connectivity index (χ0n) is 11.6. The van der Waals surface area contributed by atoms with Crippen LogP contribution in [0.4, 0.5) is 0 Å². The van der Waals surface area contributed by atoms with Gasteiger partial charge in [0.15, 0.2) is 0 Å². The Balaban J connectivity index is 1.97. The Hall–Kier alpha value is -0.620. The molecule has 1 N–H and O–H groups in total. The van der Waals surface area contributed by atoms with Crippen LogP contribution in [0.1, 0.15) is 36.4 Å². The van der Waals surface area contributed by atoms with Crippen LogP contribution in [0.2, 0.25) is 5.02 Å². The van der Waals surface area contributed by atoms with Crippen LogP contribution in [0.5, 0.6) is 0 Å². The van der Waals surface area contributed by atoms with E-state index in [1.807, 2.05) is 18.2 Å². The van der Waals surface area contributed by atoms with Gasteiger partial charge < -0.3 is 4.74 Å². The Morgan fingerprint density at radius 1 is 1.40 bits per heavy atom. The second-order valence-corrected chi connectivity index (χ2v) is 7.32. The van der Waals surface area contributed by atoms with E-state index in [9.17, 15) is 8.42 Å². The van der Waals surface area contributed by atoms with Crippen LogP contribution in [0.3, 0.4) is 0 Å². The van der Waals surface area contributed by atoms with Gasteiger partial charge in [-0.2, -0.15) is 0 Å². The normalized spacial score (nSPS) is 18.2. The summed E-state index contributed by atoms with van der Waals surface area (Å²) in [5.74, 6) is 0.142. The third-order valence-corrected chi connectivity index (χ3v) is 5.37. The van der Waals surface area contributed by atoms with Gasteiger partial charge in [0.1, 0.15) is 0 Å². The van der Waals surface area contributed by atoms with Crippen molar-refractivity contribution in [2.75, 3.05) is 19.5 Å². The molecule has 0 amide bonds. The molecule has 0 aliphatic heterocycles. The maximum Gasteiger partial charge on any atom is 0.212 e. The van der Waals surface area contributed by atoms with Crippen molar-refractivity contribution >= 4 is 21.6 Å². The van der Waals surface area contributed by atoms with Gasteiger partial charge in [0.2, 0.25) is 10.0 Å². The highest BCUT2D eigenvalue weighted by Crippen LogP contribution is 2.35. The molecule has 0 radical (unpaired) electrons. The largest absolute Gasteiger partial charge is 0.385 e.